The number of carbonyl (C=O) groups excluding carboxylic acids is 1. The summed E-state index contributed by atoms with van der Waals surface area (Å²) in [6.07, 6.45) is -3.34. The highest BCUT2D eigenvalue weighted by molar-refractivity contribution is 5.88. The maximum absolute atomic E-state index is 13.1. The predicted molar refractivity (Wildman–Crippen MR) is 78.4 cm³/mol. The first-order valence-electron chi connectivity index (χ1n) is 6.82. The Morgan fingerprint density at radius 2 is 1.84 bits per heavy atom. The molecule has 25 heavy (non-hydrogen) atoms. The highest BCUT2D eigenvalue weighted by Crippen LogP contribution is 2.23. The summed E-state index contributed by atoms with van der Waals surface area (Å²) in [5, 5.41) is 2.18. The van der Waals surface area contributed by atoms with E-state index in [-0.39, 0.29) is 17.3 Å². The fourth-order valence-corrected chi connectivity index (χ4v) is 1.74. The van der Waals surface area contributed by atoms with Gasteiger partial charge < -0.3 is 9.64 Å². The number of ether oxygens (including phenoxy) is 1. The van der Waals surface area contributed by atoms with Crippen LogP contribution >= 0.6 is 0 Å². The smallest absolute Gasteiger partial charge is 0.406 e. The second-order valence-corrected chi connectivity index (χ2v) is 4.96. The highest BCUT2D eigenvalue weighted by Gasteiger charge is 2.31. The number of amides is 2. The Morgan fingerprint density at radius 3 is 2.40 bits per heavy atom. The van der Waals surface area contributed by atoms with Crippen molar-refractivity contribution in [2.24, 2.45) is 0 Å². The average Bonchev–Trinajstić information content (AvgIpc) is 2.51. The minimum absolute atomic E-state index is 0.00309. The number of alkyl halides is 3. The van der Waals surface area contributed by atoms with E-state index in [9.17, 15) is 26.7 Å². The zero-order valence-electron chi connectivity index (χ0n) is 12.8. The Hall–Kier alpha value is -2.91. The van der Waals surface area contributed by atoms with E-state index >= 15 is 0 Å². The molecule has 0 aliphatic heterocycles. The molecule has 0 saturated heterocycles. The number of halogens is 5. The average molecular weight is 361 g/mol. The van der Waals surface area contributed by atoms with Crippen molar-refractivity contribution in [3.63, 3.8) is 0 Å². The fourth-order valence-electron chi connectivity index (χ4n) is 1.74. The lowest BCUT2D eigenvalue weighted by atomic mass is 10.3. The van der Waals surface area contributed by atoms with Crippen molar-refractivity contribution in [2.75, 3.05) is 18.9 Å². The van der Waals surface area contributed by atoms with Gasteiger partial charge in [0.25, 0.3) is 0 Å². The van der Waals surface area contributed by atoms with Gasteiger partial charge in [0.2, 0.25) is 0 Å². The van der Waals surface area contributed by atoms with Gasteiger partial charge in [0, 0.05) is 13.1 Å². The third-order valence-electron chi connectivity index (χ3n) is 2.86. The van der Waals surface area contributed by atoms with Crippen LogP contribution in [0.3, 0.4) is 0 Å². The van der Waals surface area contributed by atoms with Gasteiger partial charge in [-0.2, -0.15) is 13.2 Å². The Labute approximate surface area is 139 Å². The third kappa shape index (κ3) is 5.59. The zero-order chi connectivity index (χ0) is 18.6. The molecule has 0 aliphatic carbocycles. The molecule has 2 aromatic rings. The fraction of sp³-hybridized carbons (Fsp3) is 0.200. The van der Waals surface area contributed by atoms with Crippen LogP contribution in [0.25, 0.3) is 0 Å². The number of carbonyl (C=O) groups is 1. The van der Waals surface area contributed by atoms with Crippen molar-refractivity contribution in [1.82, 2.24) is 9.88 Å². The van der Waals surface area contributed by atoms with Gasteiger partial charge in [-0.3, -0.25) is 5.32 Å². The highest BCUT2D eigenvalue weighted by atomic mass is 19.4. The molecular formula is C15H12F5N3O2. The number of pyridine rings is 1. The second kappa shape index (κ2) is 7.32. The molecule has 0 atom stereocenters. The van der Waals surface area contributed by atoms with Crippen LogP contribution in [0.4, 0.5) is 32.6 Å². The van der Waals surface area contributed by atoms with E-state index in [2.05, 4.69) is 10.3 Å². The lowest BCUT2D eigenvalue weighted by Gasteiger charge is -2.19. The molecule has 0 radical (unpaired) electrons. The van der Waals surface area contributed by atoms with Crippen molar-refractivity contribution in [1.29, 1.82) is 0 Å². The molecule has 0 spiro atoms. The van der Waals surface area contributed by atoms with Crippen LogP contribution in [0.5, 0.6) is 11.5 Å². The van der Waals surface area contributed by atoms with Gasteiger partial charge in [-0.25, -0.2) is 18.6 Å². The lowest BCUT2D eigenvalue weighted by Crippen LogP contribution is -2.38. The quantitative estimate of drug-likeness (QED) is 0.832. The summed E-state index contributed by atoms with van der Waals surface area (Å²) < 4.78 is 67.8. The van der Waals surface area contributed by atoms with Crippen molar-refractivity contribution >= 4 is 11.8 Å². The first-order chi connectivity index (χ1) is 11.6. The van der Waals surface area contributed by atoms with E-state index in [0.717, 1.165) is 19.2 Å². The normalized spacial score (nSPS) is 11.1. The Bertz CT molecular complexity index is 750. The SMILES string of the molecule is CN(CC(F)(F)F)C(=O)Nc1ccc(Oc2ccc(F)c(F)c2)cn1. The van der Waals surface area contributed by atoms with Crippen LogP contribution in [0.15, 0.2) is 36.5 Å². The van der Waals surface area contributed by atoms with Gasteiger partial charge in [-0.05, 0) is 24.3 Å². The van der Waals surface area contributed by atoms with Crippen LogP contribution in [0.1, 0.15) is 0 Å². The molecule has 10 heteroatoms. The summed E-state index contributed by atoms with van der Waals surface area (Å²) in [7, 11) is 0.989. The number of aromatic nitrogens is 1. The van der Waals surface area contributed by atoms with Crippen molar-refractivity contribution < 1.29 is 31.5 Å². The number of hydrogen-bond acceptors (Lipinski definition) is 3. The van der Waals surface area contributed by atoms with E-state index in [1.807, 2.05) is 0 Å². The molecule has 0 unspecified atom stereocenters. The minimum atomic E-state index is -4.51. The molecule has 0 aliphatic rings. The second-order valence-electron chi connectivity index (χ2n) is 4.96. The molecule has 0 bridgehead atoms. The first kappa shape index (κ1) is 18.4. The summed E-state index contributed by atoms with van der Waals surface area (Å²) >= 11 is 0. The van der Waals surface area contributed by atoms with E-state index in [0.29, 0.717) is 4.90 Å². The van der Waals surface area contributed by atoms with Crippen LogP contribution in [-0.4, -0.2) is 35.7 Å². The first-order valence-corrected chi connectivity index (χ1v) is 6.82. The van der Waals surface area contributed by atoms with Crippen LogP contribution in [0, 0.1) is 11.6 Å². The Balaban J connectivity index is 1.97. The van der Waals surface area contributed by atoms with E-state index in [1.54, 1.807) is 0 Å². The minimum Gasteiger partial charge on any atom is -0.456 e. The van der Waals surface area contributed by atoms with Gasteiger partial charge >= 0.3 is 12.2 Å². The van der Waals surface area contributed by atoms with Gasteiger partial charge in [0.05, 0.1) is 6.20 Å². The molecule has 1 aromatic heterocycles. The van der Waals surface area contributed by atoms with E-state index < -0.39 is 30.4 Å². The number of hydrogen-bond donors (Lipinski definition) is 1. The Kier molecular flexibility index (Phi) is 5.40. The molecule has 1 aromatic carbocycles. The number of urea groups is 1. The summed E-state index contributed by atoms with van der Waals surface area (Å²) in [6.45, 7) is -1.41. The standard InChI is InChI=1S/C15H12F5N3O2/c1-23(8-15(18,19)20)14(24)22-13-5-3-10(7-21-13)25-9-2-4-11(16)12(17)6-9/h2-7H,8H2,1H3,(H,21,22,24). The summed E-state index contributed by atoms with van der Waals surface area (Å²) in [4.78, 5) is 15.9. The summed E-state index contributed by atoms with van der Waals surface area (Å²) in [5.41, 5.74) is 0. The van der Waals surface area contributed by atoms with Crippen molar-refractivity contribution in [3.05, 3.63) is 48.2 Å². The predicted octanol–water partition coefficient (Wildman–Crippen LogP) is 4.18. The molecule has 0 fully saturated rings. The molecule has 5 nitrogen and oxygen atoms in total. The molecule has 2 rings (SSSR count). The number of nitrogens with one attached hydrogen (secondary N) is 1. The summed E-state index contributed by atoms with van der Waals surface area (Å²) in [6, 6.07) is 4.60. The van der Waals surface area contributed by atoms with Crippen LogP contribution in [-0.2, 0) is 0 Å². The molecule has 2 amide bonds. The number of nitrogens with zero attached hydrogens (tertiary/aromatic N) is 2. The topological polar surface area (TPSA) is 54.5 Å². The molecule has 0 saturated carbocycles. The molecular weight excluding hydrogens is 349 g/mol. The monoisotopic (exact) mass is 361 g/mol. The van der Waals surface area contributed by atoms with Crippen molar-refractivity contribution in [3.8, 4) is 11.5 Å². The maximum Gasteiger partial charge on any atom is 0.406 e. The largest absolute Gasteiger partial charge is 0.456 e. The van der Waals surface area contributed by atoms with Crippen molar-refractivity contribution in [2.45, 2.75) is 6.18 Å². The van der Waals surface area contributed by atoms with Crippen LogP contribution in [0.2, 0.25) is 0 Å². The zero-order valence-corrected chi connectivity index (χ0v) is 12.8. The molecule has 134 valence electrons. The number of rotatable bonds is 4. The number of benzene rings is 1. The third-order valence-corrected chi connectivity index (χ3v) is 2.86. The van der Waals surface area contributed by atoms with Crippen LogP contribution < -0.4 is 10.1 Å². The van der Waals surface area contributed by atoms with E-state index in [4.69, 9.17) is 4.74 Å². The molecule has 1 heterocycles. The van der Waals surface area contributed by atoms with E-state index in [1.165, 1.54) is 24.4 Å². The number of anilines is 1. The van der Waals surface area contributed by atoms with Gasteiger partial charge in [0.15, 0.2) is 11.6 Å². The Morgan fingerprint density at radius 1 is 1.16 bits per heavy atom. The lowest BCUT2D eigenvalue weighted by molar-refractivity contribution is -0.137. The summed E-state index contributed by atoms with van der Waals surface area (Å²) in [5.74, 6) is -1.92. The van der Waals surface area contributed by atoms with Gasteiger partial charge in [-0.15, -0.1) is 0 Å². The van der Waals surface area contributed by atoms with Gasteiger partial charge in [-0.1, -0.05) is 0 Å². The maximum atomic E-state index is 13.1. The molecule has 1 N–H and O–H groups in total. The van der Waals surface area contributed by atoms with Gasteiger partial charge in [0.1, 0.15) is 23.9 Å².